The average molecular weight is 277 g/mol. The summed E-state index contributed by atoms with van der Waals surface area (Å²) in [6.07, 6.45) is 1.89. The van der Waals surface area contributed by atoms with Gasteiger partial charge in [-0.1, -0.05) is 0 Å². The summed E-state index contributed by atoms with van der Waals surface area (Å²) in [5.74, 6) is -1.21. The first kappa shape index (κ1) is 14.9. The van der Waals surface area contributed by atoms with Crippen LogP contribution in [0.15, 0.2) is 0 Å². The first-order chi connectivity index (χ1) is 8.14. The van der Waals surface area contributed by atoms with E-state index in [4.69, 9.17) is 5.11 Å². The Labute approximate surface area is 107 Å². The van der Waals surface area contributed by atoms with E-state index in [1.54, 1.807) is 11.8 Å². The fourth-order valence-corrected chi connectivity index (χ4v) is 2.44. The van der Waals surface area contributed by atoms with Crippen molar-refractivity contribution in [1.82, 2.24) is 4.90 Å². The second kappa shape index (κ2) is 5.26. The fourth-order valence-electron chi connectivity index (χ4n) is 1.89. The first-order valence-electron chi connectivity index (χ1n) is 5.83. The molecule has 6 nitrogen and oxygen atoms in total. The Morgan fingerprint density at radius 1 is 1.28 bits per heavy atom. The van der Waals surface area contributed by atoms with Crippen LogP contribution in [-0.4, -0.2) is 55.4 Å². The van der Waals surface area contributed by atoms with Gasteiger partial charge in [0.2, 0.25) is 5.91 Å². The Hall–Kier alpha value is -1.11. The molecule has 1 aliphatic rings. The van der Waals surface area contributed by atoms with E-state index >= 15 is 0 Å². The van der Waals surface area contributed by atoms with Gasteiger partial charge in [-0.2, -0.15) is 0 Å². The van der Waals surface area contributed by atoms with E-state index in [0.717, 1.165) is 6.26 Å². The monoisotopic (exact) mass is 277 g/mol. The molecule has 1 amide bonds. The minimum Gasteiger partial charge on any atom is -0.481 e. The van der Waals surface area contributed by atoms with Gasteiger partial charge in [0.25, 0.3) is 0 Å². The predicted octanol–water partition coefficient (Wildman–Crippen LogP) is 0.134. The molecule has 7 heteroatoms. The van der Waals surface area contributed by atoms with Crippen LogP contribution in [0.25, 0.3) is 0 Å². The molecular weight excluding hydrogens is 258 g/mol. The molecule has 1 heterocycles. The van der Waals surface area contributed by atoms with Crippen molar-refractivity contribution in [2.75, 3.05) is 25.1 Å². The van der Waals surface area contributed by atoms with E-state index in [1.807, 2.05) is 0 Å². The zero-order chi connectivity index (χ0) is 14.0. The summed E-state index contributed by atoms with van der Waals surface area (Å²) in [6.45, 7) is 2.43. The molecule has 0 unspecified atom stereocenters. The Kier molecular flexibility index (Phi) is 4.37. The lowest BCUT2D eigenvalue weighted by atomic mass is 9.80. The summed E-state index contributed by atoms with van der Waals surface area (Å²) in [5.41, 5.74) is -0.770. The number of aliphatic carboxylic acids is 1. The molecule has 0 bridgehead atoms. The molecule has 0 saturated carbocycles. The minimum atomic E-state index is -3.14. The van der Waals surface area contributed by atoms with Gasteiger partial charge >= 0.3 is 5.97 Å². The molecule has 0 aromatic heterocycles. The molecule has 0 atom stereocenters. The highest BCUT2D eigenvalue weighted by Crippen LogP contribution is 2.31. The van der Waals surface area contributed by atoms with Gasteiger partial charge in [0.15, 0.2) is 0 Å². The molecule has 18 heavy (non-hydrogen) atoms. The van der Waals surface area contributed by atoms with E-state index < -0.39 is 21.2 Å². The van der Waals surface area contributed by atoms with Gasteiger partial charge in [0.05, 0.1) is 11.2 Å². The zero-order valence-corrected chi connectivity index (χ0v) is 11.5. The standard InChI is InChI=1S/C11H19NO5S/c1-11(10(14)15)4-6-12(7-5-11)9(13)3-8-18(2,16)17/h3-8H2,1-2H3,(H,14,15). The Balaban J connectivity index is 2.48. The normalized spacial score (nSPS) is 19.6. The highest BCUT2D eigenvalue weighted by molar-refractivity contribution is 7.90. The van der Waals surface area contributed by atoms with Crippen molar-refractivity contribution in [3.05, 3.63) is 0 Å². The third-order valence-corrected chi connectivity index (χ3v) is 4.37. The molecule has 0 spiro atoms. The molecule has 1 aliphatic heterocycles. The number of carbonyl (C=O) groups excluding carboxylic acids is 1. The Morgan fingerprint density at radius 3 is 2.17 bits per heavy atom. The first-order valence-corrected chi connectivity index (χ1v) is 7.89. The van der Waals surface area contributed by atoms with Crippen molar-refractivity contribution in [3.63, 3.8) is 0 Å². The molecule has 0 radical (unpaired) electrons. The molecule has 1 fully saturated rings. The van der Waals surface area contributed by atoms with Gasteiger partial charge in [-0.15, -0.1) is 0 Å². The molecule has 0 aliphatic carbocycles. The molecule has 1 saturated heterocycles. The van der Waals surface area contributed by atoms with Crippen LogP contribution in [0.3, 0.4) is 0 Å². The number of rotatable bonds is 4. The number of carboxylic acids is 1. The van der Waals surface area contributed by atoms with Gasteiger partial charge in [-0.05, 0) is 19.8 Å². The highest BCUT2D eigenvalue weighted by Gasteiger charge is 2.37. The maximum Gasteiger partial charge on any atom is 0.309 e. The largest absolute Gasteiger partial charge is 0.481 e. The van der Waals surface area contributed by atoms with Gasteiger partial charge in [-0.25, -0.2) is 8.42 Å². The van der Waals surface area contributed by atoms with Gasteiger partial charge in [-0.3, -0.25) is 9.59 Å². The lowest BCUT2D eigenvalue weighted by molar-refractivity contribution is -0.152. The van der Waals surface area contributed by atoms with Crippen molar-refractivity contribution in [1.29, 1.82) is 0 Å². The summed E-state index contributed by atoms with van der Waals surface area (Å²) in [6, 6.07) is 0. The van der Waals surface area contributed by atoms with Crippen LogP contribution in [-0.2, 0) is 19.4 Å². The van der Waals surface area contributed by atoms with E-state index in [0.29, 0.717) is 25.9 Å². The lowest BCUT2D eigenvalue weighted by Gasteiger charge is -2.36. The van der Waals surface area contributed by atoms with E-state index in [-0.39, 0.29) is 18.1 Å². The van der Waals surface area contributed by atoms with Crippen LogP contribution < -0.4 is 0 Å². The number of hydrogen-bond acceptors (Lipinski definition) is 4. The van der Waals surface area contributed by atoms with Crippen LogP contribution in [0.5, 0.6) is 0 Å². The number of hydrogen-bond donors (Lipinski definition) is 1. The molecular formula is C11H19NO5S. The maximum atomic E-state index is 11.7. The summed E-state index contributed by atoms with van der Waals surface area (Å²) >= 11 is 0. The number of amides is 1. The van der Waals surface area contributed by atoms with Crippen molar-refractivity contribution in [2.24, 2.45) is 5.41 Å². The zero-order valence-electron chi connectivity index (χ0n) is 10.7. The Morgan fingerprint density at radius 2 is 1.78 bits per heavy atom. The number of carboxylic acid groups (broad SMARTS) is 1. The van der Waals surface area contributed by atoms with Crippen molar-refractivity contribution in [3.8, 4) is 0 Å². The molecule has 1 rings (SSSR count). The molecule has 1 N–H and O–H groups in total. The topological polar surface area (TPSA) is 91.8 Å². The number of sulfone groups is 1. The Bertz CT molecular complexity index is 434. The summed E-state index contributed by atoms with van der Waals surface area (Å²) in [7, 11) is -3.14. The van der Waals surface area contributed by atoms with Crippen LogP contribution in [0, 0.1) is 5.41 Å². The van der Waals surface area contributed by atoms with Gasteiger partial charge < -0.3 is 10.0 Å². The molecule has 0 aromatic carbocycles. The van der Waals surface area contributed by atoms with Crippen LogP contribution in [0.2, 0.25) is 0 Å². The number of nitrogens with zero attached hydrogens (tertiary/aromatic N) is 1. The summed E-state index contributed by atoms with van der Waals surface area (Å²) in [5, 5.41) is 9.05. The number of carbonyl (C=O) groups is 2. The second-order valence-electron chi connectivity index (χ2n) is 5.13. The van der Waals surface area contributed by atoms with Crippen molar-refractivity contribution >= 4 is 21.7 Å². The predicted molar refractivity (Wildman–Crippen MR) is 65.9 cm³/mol. The van der Waals surface area contributed by atoms with Crippen molar-refractivity contribution < 1.29 is 23.1 Å². The van der Waals surface area contributed by atoms with E-state index in [9.17, 15) is 18.0 Å². The fraction of sp³-hybridized carbons (Fsp3) is 0.818. The van der Waals surface area contributed by atoms with Crippen LogP contribution in [0.1, 0.15) is 26.2 Å². The third-order valence-electron chi connectivity index (χ3n) is 3.42. The van der Waals surface area contributed by atoms with E-state index in [1.165, 1.54) is 0 Å². The lowest BCUT2D eigenvalue weighted by Crippen LogP contribution is -2.45. The summed E-state index contributed by atoms with van der Waals surface area (Å²) < 4.78 is 21.9. The highest BCUT2D eigenvalue weighted by atomic mass is 32.2. The quantitative estimate of drug-likeness (QED) is 0.789. The summed E-state index contributed by atoms with van der Waals surface area (Å²) in [4.78, 5) is 24.3. The molecule has 0 aromatic rings. The second-order valence-corrected chi connectivity index (χ2v) is 7.39. The van der Waals surface area contributed by atoms with Crippen LogP contribution >= 0.6 is 0 Å². The van der Waals surface area contributed by atoms with E-state index in [2.05, 4.69) is 0 Å². The molecule has 104 valence electrons. The average Bonchev–Trinajstić information content (AvgIpc) is 2.26. The minimum absolute atomic E-state index is 0.0252. The maximum absolute atomic E-state index is 11.7. The van der Waals surface area contributed by atoms with Gasteiger partial charge in [0, 0.05) is 25.8 Å². The SMILES string of the molecule is CC1(C(=O)O)CCN(C(=O)CCS(C)(=O)=O)CC1. The number of likely N-dealkylation sites (tertiary alicyclic amines) is 1. The number of piperidine rings is 1. The van der Waals surface area contributed by atoms with Crippen LogP contribution in [0.4, 0.5) is 0 Å². The van der Waals surface area contributed by atoms with Gasteiger partial charge in [0.1, 0.15) is 9.84 Å². The van der Waals surface area contributed by atoms with Crippen molar-refractivity contribution in [2.45, 2.75) is 26.2 Å². The third kappa shape index (κ3) is 3.97. The smallest absolute Gasteiger partial charge is 0.309 e.